The number of rotatable bonds is 4. The molecule has 0 amide bonds. The Morgan fingerprint density at radius 1 is 0.667 bits per heavy atom. The van der Waals surface area contributed by atoms with Gasteiger partial charge in [-0.2, -0.15) is 0 Å². The highest BCUT2D eigenvalue weighted by atomic mass is 16.5. The molecule has 0 bridgehead atoms. The molecule has 180 valence electrons. The second-order valence-corrected chi connectivity index (χ2v) is 8.92. The average Bonchev–Trinajstić information content (AvgIpc) is 2.88. The molecule has 0 saturated carbocycles. The van der Waals surface area contributed by atoms with Crippen LogP contribution in [0.2, 0.25) is 0 Å². The molecule has 0 atom stereocenters. The number of phenolic OH excluding ortho intramolecular Hbond substituents is 3. The fourth-order valence-corrected chi connectivity index (χ4v) is 5.23. The van der Waals surface area contributed by atoms with Crippen LogP contribution in [0.3, 0.4) is 0 Å². The monoisotopic (exact) mass is 480 g/mol. The summed E-state index contributed by atoms with van der Waals surface area (Å²) in [6.07, 6.45) is 1.56. The van der Waals surface area contributed by atoms with Gasteiger partial charge in [0.05, 0.1) is 14.2 Å². The van der Waals surface area contributed by atoms with Gasteiger partial charge in [0.1, 0.15) is 28.7 Å². The lowest BCUT2D eigenvalue weighted by Gasteiger charge is -2.23. The highest BCUT2D eigenvalue weighted by Crippen LogP contribution is 2.48. The Hall–Kier alpha value is -4.58. The lowest BCUT2D eigenvalue weighted by Crippen LogP contribution is -2.06. The van der Waals surface area contributed by atoms with Gasteiger partial charge in [0, 0.05) is 28.5 Å². The molecule has 0 aromatic heterocycles. The Labute approximate surface area is 207 Å². The summed E-state index contributed by atoms with van der Waals surface area (Å²) in [6.45, 7) is 0. The van der Waals surface area contributed by atoms with Crippen LogP contribution in [-0.2, 0) is 12.8 Å². The Kier molecular flexibility index (Phi) is 5.04. The van der Waals surface area contributed by atoms with Gasteiger partial charge in [-0.15, -0.1) is 0 Å². The molecule has 0 saturated heterocycles. The quantitative estimate of drug-likeness (QED) is 0.249. The van der Waals surface area contributed by atoms with E-state index in [-0.39, 0.29) is 17.2 Å². The Morgan fingerprint density at radius 2 is 1.39 bits per heavy atom. The molecule has 3 N–H and O–H groups in total. The topological polar surface area (TPSA) is 88.4 Å². The number of benzene rings is 5. The van der Waals surface area contributed by atoms with Crippen LogP contribution in [0.4, 0.5) is 0 Å². The van der Waals surface area contributed by atoms with E-state index in [1.165, 1.54) is 0 Å². The summed E-state index contributed by atoms with van der Waals surface area (Å²) in [4.78, 5) is 0. The zero-order valence-electron chi connectivity index (χ0n) is 19.8. The third-order valence-electron chi connectivity index (χ3n) is 6.83. The maximum absolute atomic E-state index is 10.9. The van der Waals surface area contributed by atoms with Crippen molar-refractivity contribution < 1.29 is 29.5 Å². The number of fused-ring (bicyclic) bond motifs is 6. The Bertz CT molecular complexity index is 1650. The smallest absolute Gasteiger partial charge is 0.177 e. The molecule has 0 fully saturated rings. The second kappa shape index (κ2) is 8.27. The minimum absolute atomic E-state index is 0.0463. The standard InChI is InChI=1S/C30H24O6/c1-34-26-14-21(13-18-4-3-16-11-19(31)6-9-22(16)28(18)26)36-30-24-8-5-17-12-20(32)7-10-23(17)29(24)27(35-2)15-25(30)33/h5-15,31-33H,3-4H2,1-2H3. The van der Waals surface area contributed by atoms with E-state index in [1.807, 2.05) is 36.4 Å². The van der Waals surface area contributed by atoms with Gasteiger partial charge in [0.15, 0.2) is 11.5 Å². The predicted molar refractivity (Wildman–Crippen MR) is 139 cm³/mol. The van der Waals surface area contributed by atoms with E-state index in [2.05, 4.69) is 0 Å². The van der Waals surface area contributed by atoms with Gasteiger partial charge in [0.2, 0.25) is 0 Å². The van der Waals surface area contributed by atoms with Gasteiger partial charge < -0.3 is 29.5 Å². The molecule has 5 aromatic carbocycles. The van der Waals surface area contributed by atoms with Gasteiger partial charge in [-0.3, -0.25) is 0 Å². The summed E-state index contributed by atoms with van der Waals surface area (Å²) < 4.78 is 17.7. The number of hydrogen-bond donors (Lipinski definition) is 3. The Morgan fingerprint density at radius 3 is 2.19 bits per heavy atom. The molecule has 1 aliphatic carbocycles. The molecule has 6 rings (SSSR count). The molecule has 6 heteroatoms. The highest BCUT2D eigenvalue weighted by molar-refractivity contribution is 6.13. The van der Waals surface area contributed by atoms with Crippen LogP contribution in [0.5, 0.6) is 40.2 Å². The highest BCUT2D eigenvalue weighted by Gasteiger charge is 2.23. The number of methoxy groups -OCH3 is 2. The van der Waals surface area contributed by atoms with Crippen LogP contribution < -0.4 is 14.2 Å². The number of ether oxygens (including phenoxy) is 3. The van der Waals surface area contributed by atoms with Crippen molar-refractivity contribution in [2.24, 2.45) is 0 Å². The van der Waals surface area contributed by atoms with Gasteiger partial charge >= 0.3 is 0 Å². The van der Waals surface area contributed by atoms with Crippen molar-refractivity contribution in [1.82, 2.24) is 0 Å². The van der Waals surface area contributed by atoms with Crippen molar-refractivity contribution in [1.29, 1.82) is 0 Å². The SMILES string of the molecule is COc1cc(Oc2c(O)cc(OC)c3c2ccc2cc(O)ccc23)cc2c1-c1ccc(O)cc1CC2. The average molecular weight is 481 g/mol. The lowest BCUT2D eigenvalue weighted by molar-refractivity contribution is 0.392. The van der Waals surface area contributed by atoms with Crippen LogP contribution >= 0.6 is 0 Å². The normalized spacial score (nSPS) is 12.3. The lowest BCUT2D eigenvalue weighted by atomic mass is 9.85. The van der Waals surface area contributed by atoms with Gasteiger partial charge in [0.25, 0.3) is 0 Å². The molecular weight excluding hydrogens is 456 g/mol. The van der Waals surface area contributed by atoms with E-state index in [0.717, 1.165) is 51.3 Å². The van der Waals surface area contributed by atoms with Crippen LogP contribution in [0.1, 0.15) is 11.1 Å². The van der Waals surface area contributed by atoms with Gasteiger partial charge in [-0.25, -0.2) is 0 Å². The molecule has 36 heavy (non-hydrogen) atoms. The Balaban J connectivity index is 1.52. The number of phenols is 3. The molecule has 1 aliphatic rings. The largest absolute Gasteiger partial charge is 0.508 e. The minimum Gasteiger partial charge on any atom is -0.508 e. The molecule has 0 unspecified atom stereocenters. The predicted octanol–water partition coefficient (Wildman–Crippen LogP) is 6.68. The van der Waals surface area contributed by atoms with Crippen LogP contribution in [0.15, 0.2) is 66.7 Å². The van der Waals surface area contributed by atoms with E-state index in [0.29, 0.717) is 28.4 Å². The van der Waals surface area contributed by atoms with Crippen molar-refractivity contribution in [3.05, 3.63) is 77.9 Å². The van der Waals surface area contributed by atoms with Crippen LogP contribution in [-0.4, -0.2) is 29.5 Å². The van der Waals surface area contributed by atoms with E-state index >= 15 is 0 Å². The summed E-state index contributed by atoms with van der Waals surface area (Å²) in [6, 6.07) is 19.6. The fourth-order valence-electron chi connectivity index (χ4n) is 5.23. The molecule has 0 heterocycles. The molecule has 5 aromatic rings. The van der Waals surface area contributed by atoms with Crippen molar-refractivity contribution in [3.8, 4) is 51.4 Å². The van der Waals surface area contributed by atoms with E-state index in [1.54, 1.807) is 44.6 Å². The van der Waals surface area contributed by atoms with Crippen molar-refractivity contribution >= 4 is 21.5 Å². The first kappa shape index (κ1) is 21.9. The second-order valence-electron chi connectivity index (χ2n) is 8.92. The van der Waals surface area contributed by atoms with E-state index < -0.39 is 0 Å². The van der Waals surface area contributed by atoms with Crippen molar-refractivity contribution in [2.45, 2.75) is 12.8 Å². The minimum atomic E-state index is -0.0463. The maximum atomic E-state index is 10.9. The van der Waals surface area contributed by atoms with E-state index in [4.69, 9.17) is 14.2 Å². The molecular formula is C30H24O6. The third-order valence-corrected chi connectivity index (χ3v) is 6.83. The van der Waals surface area contributed by atoms with E-state index in [9.17, 15) is 15.3 Å². The number of aryl methyl sites for hydroxylation is 2. The third kappa shape index (κ3) is 3.41. The van der Waals surface area contributed by atoms with Gasteiger partial charge in [-0.05, 0) is 82.8 Å². The summed E-state index contributed by atoms with van der Waals surface area (Å²) in [5, 5.41) is 33.9. The molecule has 0 spiro atoms. The molecule has 0 radical (unpaired) electrons. The number of hydrogen-bond acceptors (Lipinski definition) is 6. The molecule has 6 nitrogen and oxygen atoms in total. The summed E-state index contributed by atoms with van der Waals surface area (Å²) >= 11 is 0. The first-order chi connectivity index (χ1) is 17.5. The van der Waals surface area contributed by atoms with Crippen LogP contribution in [0.25, 0.3) is 32.7 Å². The first-order valence-electron chi connectivity index (χ1n) is 11.6. The fraction of sp³-hybridized carbons (Fsp3) is 0.133. The van der Waals surface area contributed by atoms with Crippen molar-refractivity contribution in [3.63, 3.8) is 0 Å². The number of aromatic hydroxyl groups is 3. The molecule has 0 aliphatic heterocycles. The van der Waals surface area contributed by atoms with Crippen LogP contribution in [0, 0.1) is 0 Å². The zero-order valence-corrected chi connectivity index (χ0v) is 19.8. The summed E-state index contributed by atoms with van der Waals surface area (Å²) in [5.41, 5.74) is 4.16. The summed E-state index contributed by atoms with van der Waals surface area (Å²) in [5.74, 6) is 2.40. The first-order valence-corrected chi connectivity index (χ1v) is 11.6. The zero-order chi connectivity index (χ0) is 25.0. The summed E-state index contributed by atoms with van der Waals surface area (Å²) in [7, 11) is 3.18. The maximum Gasteiger partial charge on any atom is 0.177 e. The van der Waals surface area contributed by atoms with Crippen molar-refractivity contribution in [2.75, 3.05) is 14.2 Å². The van der Waals surface area contributed by atoms with Gasteiger partial charge in [-0.1, -0.05) is 12.1 Å².